The van der Waals surface area contributed by atoms with Crippen LogP contribution in [0.3, 0.4) is 0 Å². The quantitative estimate of drug-likeness (QED) is 0.532. The number of aliphatic hydroxyl groups is 1. The summed E-state index contributed by atoms with van der Waals surface area (Å²) in [6, 6.07) is 8.90. The Morgan fingerprint density at radius 1 is 1.33 bits per heavy atom. The maximum atomic E-state index is 10.2. The highest BCUT2D eigenvalue weighted by atomic mass is 16.3. The van der Waals surface area contributed by atoms with Gasteiger partial charge >= 0.3 is 0 Å². The molecular formula is C10H9O2. The molecule has 2 nitrogen and oxygen atoms in total. The summed E-state index contributed by atoms with van der Waals surface area (Å²) in [4.78, 5) is 10.2. The second kappa shape index (κ2) is 3.72. The summed E-state index contributed by atoms with van der Waals surface area (Å²) in [5.74, 6) is -0.00870. The lowest BCUT2D eigenvalue weighted by Crippen LogP contribution is -1.88. The molecule has 0 saturated carbocycles. The van der Waals surface area contributed by atoms with E-state index in [0.29, 0.717) is 5.56 Å². The minimum atomic E-state index is -0.00870. The van der Waals surface area contributed by atoms with Crippen LogP contribution in [0, 0.1) is 0 Å². The minimum Gasteiger partial charge on any atom is -0.507 e. The Bertz CT molecular complexity index is 299. The zero-order valence-corrected chi connectivity index (χ0v) is 6.74. The standard InChI is InChI=1S/C10H9O2/c1-8(7-11)10(12)9-5-3-2-4-6-9/h2-6,12H,1H3. The Hall–Kier alpha value is -1.57. The molecule has 1 aromatic carbocycles. The van der Waals surface area contributed by atoms with Crippen LogP contribution in [0.4, 0.5) is 0 Å². The summed E-state index contributed by atoms with van der Waals surface area (Å²) in [5, 5.41) is 9.41. The maximum absolute atomic E-state index is 10.2. The molecule has 0 aliphatic rings. The van der Waals surface area contributed by atoms with E-state index in [1.165, 1.54) is 6.92 Å². The summed E-state index contributed by atoms with van der Waals surface area (Å²) >= 11 is 0. The van der Waals surface area contributed by atoms with Gasteiger partial charge in [0.2, 0.25) is 6.29 Å². The molecular weight excluding hydrogens is 152 g/mol. The average Bonchev–Trinajstić information content (AvgIpc) is 2.17. The Labute approximate surface area is 71.2 Å². The number of hydrogen-bond donors (Lipinski definition) is 1. The molecule has 1 radical (unpaired) electrons. The number of carbonyl (C=O) groups excluding carboxylic acids is 1. The van der Waals surface area contributed by atoms with Gasteiger partial charge in [-0.1, -0.05) is 30.3 Å². The lowest BCUT2D eigenvalue weighted by Gasteiger charge is -1.99. The summed E-state index contributed by atoms with van der Waals surface area (Å²) in [6.07, 6.45) is 1.64. The van der Waals surface area contributed by atoms with Gasteiger partial charge in [0.25, 0.3) is 0 Å². The molecule has 1 N–H and O–H groups in total. The fraction of sp³-hybridized carbons (Fsp3) is 0.100. The second-order valence-corrected chi connectivity index (χ2v) is 2.44. The molecule has 0 saturated heterocycles. The smallest absolute Gasteiger partial charge is 0.232 e. The first-order valence-corrected chi connectivity index (χ1v) is 3.59. The summed E-state index contributed by atoms with van der Waals surface area (Å²) in [7, 11) is 0. The second-order valence-electron chi connectivity index (χ2n) is 2.44. The molecule has 0 heterocycles. The van der Waals surface area contributed by atoms with Crippen LogP contribution < -0.4 is 0 Å². The summed E-state index contributed by atoms with van der Waals surface area (Å²) < 4.78 is 0. The van der Waals surface area contributed by atoms with Gasteiger partial charge in [-0.25, -0.2) is 0 Å². The number of aliphatic hydroxyl groups excluding tert-OH is 1. The van der Waals surface area contributed by atoms with Crippen LogP contribution in [-0.4, -0.2) is 11.4 Å². The lowest BCUT2D eigenvalue weighted by molar-refractivity contribution is 0.506. The first-order chi connectivity index (χ1) is 5.75. The molecule has 61 valence electrons. The van der Waals surface area contributed by atoms with Crippen molar-refractivity contribution in [2.45, 2.75) is 6.92 Å². The summed E-state index contributed by atoms with van der Waals surface area (Å²) in [6.45, 7) is 1.52. The van der Waals surface area contributed by atoms with Crippen molar-refractivity contribution in [2.75, 3.05) is 0 Å². The van der Waals surface area contributed by atoms with E-state index in [1.54, 1.807) is 30.6 Å². The van der Waals surface area contributed by atoms with E-state index in [0.717, 1.165) is 0 Å². The van der Waals surface area contributed by atoms with E-state index in [4.69, 9.17) is 0 Å². The van der Waals surface area contributed by atoms with Gasteiger partial charge in [-0.3, -0.25) is 4.79 Å². The van der Waals surface area contributed by atoms with Crippen LogP contribution in [0.1, 0.15) is 12.5 Å². The molecule has 12 heavy (non-hydrogen) atoms. The van der Waals surface area contributed by atoms with Crippen molar-refractivity contribution in [2.24, 2.45) is 0 Å². The van der Waals surface area contributed by atoms with Crippen molar-refractivity contribution in [3.8, 4) is 0 Å². The van der Waals surface area contributed by atoms with Gasteiger partial charge in [0, 0.05) is 11.1 Å². The monoisotopic (exact) mass is 161 g/mol. The van der Waals surface area contributed by atoms with Crippen molar-refractivity contribution < 1.29 is 9.90 Å². The Kier molecular flexibility index (Phi) is 2.64. The van der Waals surface area contributed by atoms with Crippen molar-refractivity contribution in [3.05, 3.63) is 41.5 Å². The Morgan fingerprint density at radius 2 is 1.92 bits per heavy atom. The van der Waals surface area contributed by atoms with E-state index in [1.807, 2.05) is 6.07 Å². The molecule has 0 aromatic heterocycles. The van der Waals surface area contributed by atoms with E-state index in [-0.39, 0.29) is 11.3 Å². The molecule has 0 atom stereocenters. The van der Waals surface area contributed by atoms with Gasteiger partial charge in [-0.05, 0) is 6.92 Å². The third kappa shape index (κ3) is 1.72. The third-order valence-corrected chi connectivity index (χ3v) is 1.56. The maximum Gasteiger partial charge on any atom is 0.232 e. The lowest BCUT2D eigenvalue weighted by atomic mass is 10.1. The zero-order chi connectivity index (χ0) is 8.97. The van der Waals surface area contributed by atoms with E-state index in [2.05, 4.69) is 0 Å². The summed E-state index contributed by atoms with van der Waals surface area (Å²) in [5.41, 5.74) is 0.861. The van der Waals surface area contributed by atoms with Gasteiger partial charge in [0.15, 0.2) is 0 Å². The van der Waals surface area contributed by atoms with Crippen LogP contribution in [0.5, 0.6) is 0 Å². The first kappa shape index (κ1) is 8.53. The molecule has 0 aliphatic heterocycles. The van der Waals surface area contributed by atoms with Crippen LogP contribution in [-0.2, 0) is 4.79 Å². The van der Waals surface area contributed by atoms with Crippen LogP contribution >= 0.6 is 0 Å². The van der Waals surface area contributed by atoms with Crippen molar-refractivity contribution in [1.29, 1.82) is 0 Å². The largest absolute Gasteiger partial charge is 0.507 e. The van der Waals surface area contributed by atoms with Gasteiger partial charge in [-0.15, -0.1) is 0 Å². The van der Waals surface area contributed by atoms with Gasteiger partial charge < -0.3 is 5.11 Å². The van der Waals surface area contributed by atoms with E-state index < -0.39 is 0 Å². The Morgan fingerprint density at radius 3 is 2.42 bits per heavy atom. The molecule has 0 unspecified atom stereocenters. The number of rotatable bonds is 2. The molecule has 0 spiro atoms. The predicted molar refractivity (Wildman–Crippen MR) is 47.4 cm³/mol. The fourth-order valence-electron chi connectivity index (χ4n) is 0.861. The van der Waals surface area contributed by atoms with Crippen molar-refractivity contribution in [3.63, 3.8) is 0 Å². The molecule has 0 amide bonds. The van der Waals surface area contributed by atoms with Crippen LogP contribution in [0.15, 0.2) is 35.9 Å². The highest BCUT2D eigenvalue weighted by Crippen LogP contribution is 2.13. The Balaban J connectivity index is 3.08. The molecule has 2 heteroatoms. The first-order valence-electron chi connectivity index (χ1n) is 3.59. The number of allylic oxidation sites excluding steroid dienone is 1. The molecule has 1 rings (SSSR count). The van der Waals surface area contributed by atoms with Crippen molar-refractivity contribution in [1.82, 2.24) is 0 Å². The number of hydrogen-bond acceptors (Lipinski definition) is 2. The zero-order valence-electron chi connectivity index (χ0n) is 6.74. The fourth-order valence-corrected chi connectivity index (χ4v) is 0.861. The minimum absolute atomic E-state index is 0.00870. The number of benzene rings is 1. The van der Waals surface area contributed by atoms with Crippen molar-refractivity contribution >= 4 is 12.0 Å². The highest BCUT2D eigenvalue weighted by Gasteiger charge is 2.01. The van der Waals surface area contributed by atoms with Crippen LogP contribution in [0.25, 0.3) is 5.76 Å². The topological polar surface area (TPSA) is 37.3 Å². The molecule has 0 fully saturated rings. The molecule has 0 aliphatic carbocycles. The normalized spacial score (nSPS) is 12.1. The van der Waals surface area contributed by atoms with E-state index >= 15 is 0 Å². The predicted octanol–water partition coefficient (Wildman–Crippen LogP) is 2.09. The molecule has 1 aromatic rings. The van der Waals surface area contributed by atoms with E-state index in [9.17, 15) is 9.90 Å². The third-order valence-electron chi connectivity index (χ3n) is 1.56. The van der Waals surface area contributed by atoms with Gasteiger partial charge in [0.05, 0.1) is 0 Å². The van der Waals surface area contributed by atoms with Gasteiger partial charge in [0.1, 0.15) is 5.76 Å². The van der Waals surface area contributed by atoms with Crippen LogP contribution in [0.2, 0.25) is 0 Å². The average molecular weight is 161 g/mol. The molecule has 0 bridgehead atoms. The SMILES string of the molecule is CC([C]=O)=C(O)c1ccccc1. The van der Waals surface area contributed by atoms with Gasteiger partial charge in [-0.2, -0.15) is 0 Å². The highest BCUT2D eigenvalue weighted by molar-refractivity contribution is 5.84.